The molecule has 6 nitrogen and oxygen atoms in total. The van der Waals surface area contributed by atoms with Crippen LogP contribution in [0.3, 0.4) is 0 Å². The summed E-state index contributed by atoms with van der Waals surface area (Å²) in [4.78, 5) is 18.5. The van der Waals surface area contributed by atoms with Gasteiger partial charge in [0.1, 0.15) is 5.60 Å². The molecule has 1 atom stereocenters. The molecule has 128 valence electrons. The van der Waals surface area contributed by atoms with Gasteiger partial charge in [-0.25, -0.2) is 9.78 Å². The Bertz CT molecular complexity index is 522. The number of amides is 1. The molecule has 1 aliphatic heterocycles. The number of carbonyl (C=O) groups is 1. The number of nitrogens with one attached hydrogen (secondary N) is 2. The van der Waals surface area contributed by atoms with Crippen molar-refractivity contribution in [3.63, 3.8) is 0 Å². The molecule has 0 radical (unpaired) electrons. The number of hydrogen-bond acceptors (Lipinski definition) is 5. The Kier molecular flexibility index (Phi) is 5.69. The maximum absolute atomic E-state index is 11.7. The van der Waals surface area contributed by atoms with Crippen molar-refractivity contribution in [1.82, 2.24) is 10.3 Å². The van der Waals surface area contributed by atoms with Crippen molar-refractivity contribution in [2.24, 2.45) is 0 Å². The molecular formula is C17H28N4O2. The fourth-order valence-corrected chi connectivity index (χ4v) is 2.56. The van der Waals surface area contributed by atoms with Crippen molar-refractivity contribution in [3.8, 4) is 0 Å². The Morgan fingerprint density at radius 1 is 1.39 bits per heavy atom. The van der Waals surface area contributed by atoms with E-state index in [1.54, 1.807) is 0 Å². The van der Waals surface area contributed by atoms with E-state index in [1.165, 1.54) is 12.8 Å². The Labute approximate surface area is 138 Å². The molecule has 2 N–H and O–H groups in total. The van der Waals surface area contributed by atoms with Gasteiger partial charge in [0.2, 0.25) is 0 Å². The molecule has 0 aliphatic carbocycles. The summed E-state index contributed by atoms with van der Waals surface area (Å²) in [5.74, 6) is 0.995. The Hall–Kier alpha value is -1.98. The predicted molar refractivity (Wildman–Crippen MR) is 93.0 cm³/mol. The van der Waals surface area contributed by atoms with E-state index in [9.17, 15) is 4.79 Å². The molecule has 6 heteroatoms. The van der Waals surface area contributed by atoms with Gasteiger partial charge in [-0.1, -0.05) is 0 Å². The number of ether oxygens (including phenoxy) is 1. The normalized spacial score (nSPS) is 16.1. The smallest absolute Gasteiger partial charge is 0.407 e. The van der Waals surface area contributed by atoms with E-state index in [0.29, 0.717) is 6.54 Å². The Balaban J connectivity index is 1.88. The molecule has 0 spiro atoms. The first kappa shape index (κ1) is 17.4. The van der Waals surface area contributed by atoms with Gasteiger partial charge in [-0.05, 0) is 52.7 Å². The molecule has 2 rings (SSSR count). The molecule has 0 aromatic carbocycles. The van der Waals surface area contributed by atoms with Crippen LogP contribution < -0.4 is 15.5 Å². The maximum atomic E-state index is 11.7. The van der Waals surface area contributed by atoms with Crippen molar-refractivity contribution < 1.29 is 9.53 Å². The second kappa shape index (κ2) is 7.53. The van der Waals surface area contributed by atoms with Crippen molar-refractivity contribution in [3.05, 3.63) is 18.3 Å². The minimum atomic E-state index is -0.479. The number of pyridine rings is 1. The third-order valence-electron chi connectivity index (χ3n) is 3.55. The van der Waals surface area contributed by atoms with Crippen LogP contribution in [0.5, 0.6) is 0 Å². The van der Waals surface area contributed by atoms with Crippen LogP contribution in [0.2, 0.25) is 0 Å². The van der Waals surface area contributed by atoms with E-state index >= 15 is 0 Å². The summed E-state index contributed by atoms with van der Waals surface area (Å²) in [5, 5.41) is 6.22. The van der Waals surface area contributed by atoms with Crippen LogP contribution in [-0.4, -0.2) is 42.4 Å². The number of carbonyl (C=O) groups excluding carboxylic acids is 1. The van der Waals surface area contributed by atoms with Crippen molar-refractivity contribution >= 4 is 17.6 Å². The quantitative estimate of drug-likeness (QED) is 0.873. The van der Waals surface area contributed by atoms with Gasteiger partial charge < -0.3 is 20.3 Å². The number of anilines is 2. The van der Waals surface area contributed by atoms with E-state index in [1.807, 2.05) is 46.0 Å². The zero-order valence-electron chi connectivity index (χ0n) is 14.6. The van der Waals surface area contributed by atoms with Crippen LogP contribution in [0.4, 0.5) is 16.3 Å². The van der Waals surface area contributed by atoms with Gasteiger partial charge in [-0.2, -0.15) is 0 Å². The SMILES string of the molecule is CC(CNC(=O)OC(C)(C)C)Nc1cccnc1N1CCCC1. The minimum Gasteiger partial charge on any atom is -0.444 e. The zero-order valence-corrected chi connectivity index (χ0v) is 14.6. The second-order valence-electron chi connectivity index (χ2n) is 7.00. The number of alkyl carbamates (subject to hydrolysis) is 1. The molecule has 1 aliphatic rings. The van der Waals surface area contributed by atoms with Gasteiger partial charge in [0.25, 0.3) is 0 Å². The number of aromatic nitrogens is 1. The van der Waals surface area contributed by atoms with Crippen LogP contribution in [0.1, 0.15) is 40.5 Å². The monoisotopic (exact) mass is 320 g/mol. The first-order valence-corrected chi connectivity index (χ1v) is 8.28. The largest absolute Gasteiger partial charge is 0.444 e. The van der Waals surface area contributed by atoms with Crippen LogP contribution in [0.25, 0.3) is 0 Å². The van der Waals surface area contributed by atoms with E-state index < -0.39 is 11.7 Å². The van der Waals surface area contributed by atoms with Crippen LogP contribution in [-0.2, 0) is 4.74 Å². The van der Waals surface area contributed by atoms with Gasteiger partial charge in [0.05, 0.1) is 5.69 Å². The highest BCUT2D eigenvalue weighted by Gasteiger charge is 2.19. The van der Waals surface area contributed by atoms with Crippen molar-refractivity contribution in [2.75, 3.05) is 29.9 Å². The second-order valence-corrected chi connectivity index (χ2v) is 7.00. The lowest BCUT2D eigenvalue weighted by atomic mass is 10.2. The highest BCUT2D eigenvalue weighted by atomic mass is 16.6. The van der Waals surface area contributed by atoms with Crippen LogP contribution in [0, 0.1) is 0 Å². The highest BCUT2D eigenvalue weighted by molar-refractivity contribution is 5.68. The van der Waals surface area contributed by atoms with E-state index in [4.69, 9.17) is 4.74 Å². The average Bonchev–Trinajstić information content (AvgIpc) is 2.98. The molecule has 1 aromatic heterocycles. The minimum absolute atomic E-state index is 0.0769. The van der Waals surface area contributed by atoms with Gasteiger partial charge in [0.15, 0.2) is 5.82 Å². The van der Waals surface area contributed by atoms with Crippen LogP contribution >= 0.6 is 0 Å². The zero-order chi connectivity index (χ0) is 16.9. The summed E-state index contributed by atoms with van der Waals surface area (Å²) in [6.45, 7) is 10.2. The van der Waals surface area contributed by atoms with Crippen molar-refractivity contribution in [1.29, 1.82) is 0 Å². The van der Waals surface area contributed by atoms with Gasteiger partial charge in [-0.3, -0.25) is 0 Å². The summed E-state index contributed by atoms with van der Waals surface area (Å²) in [6.07, 6.45) is 3.86. The average molecular weight is 320 g/mol. The van der Waals surface area contributed by atoms with Gasteiger partial charge >= 0.3 is 6.09 Å². The van der Waals surface area contributed by atoms with Gasteiger partial charge in [-0.15, -0.1) is 0 Å². The third kappa shape index (κ3) is 5.62. The lowest BCUT2D eigenvalue weighted by Gasteiger charge is -2.24. The summed E-state index contributed by atoms with van der Waals surface area (Å²) in [6, 6.07) is 4.04. The van der Waals surface area contributed by atoms with E-state index in [0.717, 1.165) is 24.6 Å². The lowest BCUT2D eigenvalue weighted by Crippen LogP contribution is -2.38. The molecule has 1 saturated heterocycles. The topological polar surface area (TPSA) is 66.5 Å². The standard InChI is InChI=1S/C17H28N4O2/c1-13(12-19-16(22)23-17(2,3)4)20-14-8-7-9-18-15(14)21-10-5-6-11-21/h7-9,13,20H,5-6,10-12H2,1-4H3,(H,19,22). The molecular weight excluding hydrogens is 292 g/mol. The fourth-order valence-electron chi connectivity index (χ4n) is 2.56. The van der Waals surface area contributed by atoms with Crippen LogP contribution in [0.15, 0.2) is 18.3 Å². The number of hydrogen-bond donors (Lipinski definition) is 2. The van der Waals surface area contributed by atoms with Gasteiger partial charge in [0, 0.05) is 31.9 Å². The Morgan fingerprint density at radius 3 is 2.74 bits per heavy atom. The molecule has 1 aromatic rings. The molecule has 2 heterocycles. The fraction of sp³-hybridized carbons (Fsp3) is 0.647. The molecule has 1 amide bonds. The summed E-state index contributed by atoms with van der Waals surface area (Å²) in [5.41, 5.74) is 0.528. The molecule has 1 fully saturated rings. The maximum Gasteiger partial charge on any atom is 0.407 e. The predicted octanol–water partition coefficient (Wildman–Crippen LogP) is 3.01. The number of rotatable bonds is 5. The first-order valence-electron chi connectivity index (χ1n) is 8.28. The first-order chi connectivity index (χ1) is 10.8. The molecule has 1 unspecified atom stereocenters. The summed E-state index contributed by atoms with van der Waals surface area (Å²) in [7, 11) is 0. The van der Waals surface area contributed by atoms with E-state index in [2.05, 4.69) is 20.5 Å². The Morgan fingerprint density at radius 2 is 2.09 bits per heavy atom. The molecule has 0 saturated carbocycles. The summed E-state index contributed by atoms with van der Waals surface area (Å²) >= 11 is 0. The molecule has 0 bridgehead atoms. The van der Waals surface area contributed by atoms with E-state index in [-0.39, 0.29) is 6.04 Å². The lowest BCUT2D eigenvalue weighted by molar-refractivity contribution is 0.0526. The third-order valence-corrected chi connectivity index (χ3v) is 3.55. The number of nitrogens with zero attached hydrogens (tertiary/aromatic N) is 2. The summed E-state index contributed by atoms with van der Waals surface area (Å²) < 4.78 is 5.24. The molecule has 23 heavy (non-hydrogen) atoms. The highest BCUT2D eigenvalue weighted by Crippen LogP contribution is 2.26. The van der Waals surface area contributed by atoms with Crippen molar-refractivity contribution in [2.45, 2.75) is 52.2 Å².